The number of carbonyl (C=O) groups is 1. The van der Waals surface area contributed by atoms with Crippen molar-refractivity contribution >= 4 is 15.9 Å². The summed E-state index contributed by atoms with van der Waals surface area (Å²) >= 11 is 0. The molecule has 4 rings (SSSR count). The van der Waals surface area contributed by atoms with Gasteiger partial charge in [0, 0.05) is 32.6 Å². The molecule has 0 radical (unpaired) electrons. The largest absolute Gasteiger partial charge is 0.497 e. The number of carbonyl (C=O) groups excluding carboxylic acids is 1. The fourth-order valence-electron chi connectivity index (χ4n) is 4.54. The maximum atomic E-state index is 12.9. The van der Waals surface area contributed by atoms with E-state index in [-0.39, 0.29) is 5.91 Å². The molecule has 0 N–H and O–H groups in total. The van der Waals surface area contributed by atoms with E-state index in [1.807, 2.05) is 29.2 Å². The van der Waals surface area contributed by atoms with Gasteiger partial charge in [-0.05, 0) is 66.6 Å². The lowest BCUT2D eigenvalue weighted by Crippen LogP contribution is -2.36. The Kier molecular flexibility index (Phi) is 7.16. The summed E-state index contributed by atoms with van der Waals surface area (Å²) in [5.74, 6) is 0.938. The van der Waals surface area contributed by atoms with Crippen LogP contribution >= 0.6 is 0 Å². The molecule has 2 aliphatic heterocycles. The van der Waals surface area contributed by atoms with Crippen LogP contribution in [0.3, 0.4) is 0 Å². The molecular formula is C25H32N2O4S. The SMILES string of the molecule is COc1ccc2c(c1)CN(C(=O)CCc1ccc(S(=O)(=O)N3CCCCCC3)cc1)CC2. The number of nitrogens with zero attached hydrogens (tertiary/aromatic N) is 2. The average Bonchev–Trinajstić information content (AvgIpc) is 3.12. The standard InChI is InChI=1S/C25H32N2O4S/c1-31-23-10-9-21-14-17-26(19-22(21)18-23)25(28)13-8-20-6-11-24(12-7-20)32(29,30)27-15-4-2-3-5-16-27/h6-7,9-12,18H,2-5,8,13-17,19H2,1H3. The predicted molar refractivity (Wildman–Crippen MR) is 124 cm³/mol. The molecule has 2 aromatic rings. The summed E-state index contributed by atoms with van der Waals surface area (Å²) in [6, 6.07) is 13.1. The number of rotatable bonds is 6. The van der Waals surface area contributed by atoms with Gasteiger partial charge in [0.1, 0.15) is 5.75 Å². The fraction of sp³-hybridized carbons (Fsp3) is 0.480. The van der Waals surface area contributed by atoms with E-state index in [4.69, 9.17) is 4.74 Å². The van der Waals surface area contributed by atoms with Crippen LogP contribution in [0.5, 0.6) is 5.75 Å². The van der Waals surface area contributed by atoms with E-state index in [0.29, 0.717) is 37.4 Å². The minimum absolute atomic E-state index is 0.125. The number of hydrogen-bond donors (Lipinski definition) is 0. The van der Waals surface area contributed by atoms with Gasteiger partial charge in [0.2, 0.25) is 15.9 Å². The van der Waals surface area contributed by atoms with Gasteiger partial charge in [0.05, 0.1) is 12.0 Å². The maximum absolute atomic E-state index is 12.9. The zero-order valence-electron chi connectivity index (χ0n) is 18.8. The Hall–Kier alpha value is -2.38. The highest BCUT2D eigenvalue weighted by atomic mass is 32.2. The molecule has 2 heterocycles. The quantitative estimate of drug-likeness (QED) is 0.664. The van der Waals surface area contributed by atoms with E-state index in [0.717, 1.165) is 55.5 Å². The summed E-state index contributed by atoms with van der Waals surface area (Å²) in [6.07, 6.45) is 5.90. The van der Waals surface area contributed by atoms with Crippen molar-refractivity contribution in [1.82, 2.24) is 9.21 Å². The zero-order chi connectivity index (χ0) is 22.6. The molecule has 0 spiro atoms. The van der Waals surface area contributed by atoms with Gasteiger partial charge in [-0.3, -0.25) is 4.79 Å². The molecule has 32 heavy (non-hydrogen) atoms. The molecule has 1 saturated heterocycles. The maximum Gasteiger partial charge on any atom is 0.243 e. The summed E-state index contributed by atoms with van der Waals surface area (Å²) < 4.78 is 32.8. The van der Waals surface area contributed by atoms with Crippen molar-refractivity contribution < 1.29 is 17.9 Å². The van der Waals surface area contributed by atoms with Gasteiger partial charge in [-0.15, -0.1) is 0 Å². The van der Waals surface area contributed by atoms with Crippen molar-refractivity contribution in [3.63, 3.8) is 0 Å². The first-order valence-electron chi connectivity index (χ1n) is 11.5. The zero-order valence-corrected chi connectivity index (χ0v) is 19.6. The fourth-order valence-corrected chi connectivity index (χ4v) is 6.06. The second kappa shape index (κ2) is 10.0. The second-order valence-corrected chi connectivity index (χ2v) is 10.6. The van der Waals surface area contributed by atoms with Gasteiger partial charge in [-0.25, -0.2) is 8.42 Å². The third-order valence-electron chi connectivity index (χ3n) is 6.53. The molecule has 6 nitrogen and oxygen atoms in total. The number of hydrogen-bond acceptors (Lipinski definition) is 4. The summed E-state index contributed by atoms with van der Waals surface area (Å²) in [7, 11) is -1.79. The summed E-state index contributed by atoms with van der Waals surface area (Å²) in [6.45, 7) is 2.54. The van der Waals surface area contributed by atoms with Crippen LogP contribution < -0.4 is 4.74 Å². The van der Waals surface area contributed by atoms with Crippen molar-refractivity contribution in [1.29, 1.82) is 0 Å². The lowest BCUT2D eigenvalue weighted by atomic mass is 9.99. The van der Waals surface area contributed by atoms with Gasteiger partial charge in [0.15, 0.2) is 0 Å². The Morgan fingerprint density at radius 1 is 0.938 bits per heavy atom. The van der Waals surface area contributed by atoms with Crippen LogP contribution in [0.4, 0.5) is 0 Å². The van der Waals surface area contributed by atoms with Crippen LogP contribution in [0.25, 0.3) is 0 Å². The number of methoxy groups -OCH3 is 1. The molecule has 7 heteroatoms. The summed E-state index contributed by atoms with van der Waals surface area (Å²) in [4.78, 5) is 15.0. The van der Waals surface area contributed by atoms with E-state index >= 15 is 0 Å². The van der Waals surface area contributed by atoms with Crippen molar-refractivity contribution in [2.45, 2.75) is 56.4 Å². The molecular weight excluding hydrogens is 424 g/mol. The highest BCUT2D eigenvalue weighted by Gasteiger charge is 2.25. The van der Waals surface area contributed by atoms with Crippen LogP contribution in [0.15, 0.2) is 47.4 Å². The van der Waals surface area contributed by atoms with Crippen molar-refractivity contribution in [3.8, 4) is 5.75 Å². The van der Waals surface area contributed by atoms with E-state index in [2.05, 4.69) is 6.07 Å². The van der Waals surface area contributed by atoms with Crippen molar-refractivity contribution in [2.75, 3.05) is 26.7 Å². The minimum atomic E-state index is -3.44. The molecule has 0 aromatic heterocycles. The molecule has 1 fully saturated rings. The van der Waals surface area contributed by atoms with E-state index in [9.17, 15) is 13.2 Å². The van der Waals surface area contributed by atoms with Crippen LogP contribution in [0, 0.1) is 0 Å². The monoisotopic (exact) mass is 456 g/mol. The molecule has 1 amide bonds. The molecule has 0 saturated carbocycles. The highest BCUT2D eigenvalue weighted by Crippen LogP contribution is 2.25. The predicted octanol–water partition coefficient (Wildman–Crippen LogP) is 3.78. The number of ether oxygens (including phenoxy) is 1. The van der Waals surface area contributed by atoms with E-state index in [1.165, 1.54) is 5.56 Å². The first kappa shape index (κ1) is 22.8. The van der Waals surface area contributed by atoms with Crippen LogP contribution in [0.2, 0.25) is 0 Å². The van der Waals surface area contributed by atoms with Crippen molar-refractivity contribution in [3.05, 3.63) is 59.2 Å². The van der Waals surface area contributed by atoms with Gasteiger partial charge >= 0.3 is 0 Å². The Morgan fingerprint density at radius 3 is 2.34 bits per heavy atom. The molecule has 2 aliphatic rings. The van der Waals surface area contributed by atoms with Gasteiger partial charge in [-0.2, -0.15) is 4.31 Å². The first-order valence-corrected chi connectivity index (χ1v) is 12.9. The minimum Gasteiger partial charge on any atom is -0.497 e. The number of aryl methyl sites for hydroxylation is 1. The molecule has 0 unspecified atom stereocenters. The molecule has 0 bridgehead atoms. The second-order valence-electron chi connectivity index (χ2n) is 8.66. The topological polar surface area (TPSA) is 66.9 Å². The smallest absolute Gasteiger partial charge is 0.243 e. The van der Waals surface area contributed by atoms with Crippen molar-refractivity contribution in [2.24, 2.45) is 0 Å². The molecule has 0 atom stereocenters. The molecule has 0 aliphatic carbocycles. The van der Waals surface area contributed by atoms with E-state index < -0.39 is 10.0 Å². The van der Waals surface area contributed by atoms with Gasteiger partial charge in [0.25, 0.3) is 0 Å². The third kappa shape index (κ3) is 5.15. The first-order chi connectivity index (χ1) is 15.5. The normalized spacial score (nSPS) is 17.5. The molecule has 172 valence electrons. The highest BCUT2D eigenvalue weighted by molar-refractivity contribution is 7.89. The number of benzene rings is 2. The van der Waals surface area contributed by atoms with Crippen LogP contribution in [-0.4, -0.2) is 50.3 Å². The van der Waals surface area contributed by atoms with Gasteiger partial charge < -0.3 is 9.64 Å². The van der Waals surface area contributed by atoms with Gasteiger partial charge in [-0.1, -0.05) is 31.0 Å². The lowest BCUT2D eigenvalue weighted by Gasteiger charge is -2.29. The number of amides is 1. The average molecular weight is 457 g/mol. The number of sulfonamides is 1. The summed E-state index contributed by atoms with van der Waals surface area (Å²) in [5, 5.41) is 0. The molecule has 2 aromatic carbocycles. The lowest BCUT2D eigenvalue weighted by molar-refractivity contribution is -0.132. The summed E-state index contributed by atoms with van der Waals surface area (Å²) in [5.41, 5.74) is 3.40. The van der Waals surface area contributed by atoms with Crippen LogP contribution in [-0.2, 0) is 34.2 Å². The van der Waals surface area contributed by atoms with Crippen LogP contribution in [0.1, 0.15) is 48.8 Å². The number of fused-ring (bicyclic) bond motifs is 1. The Balaban J connectivity index is 1.34. The Morgan fingerprint density at radius 2 is 1.66 bits per heavy atom. The third-order valence-corrected chi connectivity index (χ3v) is 8.44. The Labute approximate surface area is 191 Å². The Bertz CT molecular complexity index is 1040. The van der Waals surface area contributed by atoms with E-state index in [1.54, 1.807) is 23.5 Å².